The first-order valence-corrected chi connectivity index (χ1v) is 9.43. The zero-order valence-electron chi connectivity index (χ0n) is 16.9. The molecular formula is C23H22N4O2. The van der Waals surface area contributed by atoms with E-state index >= 15 is 0 Å². The molecule has 4 rings (SSSR count). The summed E-state index contributed by atoms with van der Waals surface area (Å²) < 4.78 is 1.48. The Morgan fingerprint density at radius 2 is 1.62 bits per heavy atom. The first-order chi connectivity index (χ1) is 13.9. The SMILES string of the molecule is CC1=NN(c2ccc(C)c(C)c2)C(=O)/C1=C\c1c(C)[nH]n(-c2ccccc2)c1=O. The van der Waals surface area contributed by atoms with Crippen molar-refractivity contribution in [2.45, 2.75) is 27.7 Å². The zero-order valence-corrected chi connectivity index (χ0v) is 16.9. The lowest BCUT2D eigenvalue weighted by atomic mass is 10.1. The quantitative estimate of drug-likeness (QED) is 0.694. The van der Waals surface area contributed by atoms with Crippen LogP contribution in [0.3, 0.4) is 0 Å². The van der Waals surface area contributed by atoms with Crippen LogP contribution in [-0.4, -0.2) is 21.4 Å². The average Bonchev–Trinajstić information content (AvgIpc) is 3.15. The normalized spacial score (nSPS) is 15.3. The van der Waals surface area contributed by atoms with Gasteiger partial charge in [0.15, 0.2) is 0 Å². The van der Waals surface area contributed by atoms with Crippen LogP contribution >= 0.6 is 0 Å². The number of nitrogens with zero attached hydrogens (tertiary/aromatic N) is 3. The average molecular weight is 386 g/mol. The van der Waals surface area contributed by atoms with Gasteiger partial charge in [0, 0.05) is 5.69 Å². The monoisotopic (exact) mass is 386 g/mol. The van der Waals surface area contributed by atoms with Crippen LogP contribution < -0.4 is 10.6 Å². The van der Waals surface area contributed by atoms with E-state index < -0.39 is 0 Å². The number of anilines is 1. The van der Waals surface area contributed by atoms with Crippen molar-refractivity contribution in [3.8, 4) is 5.69 Å². The predicted octanol–water partition coefficient (Wildman–Crippen LogP) is 3.90. The summed E-state index contributed by atoms with van der Waals surface area (Å²) in [6, 6.07) is 15.1. The van der Waals surface area contributed by atoms with Crippen LogP contribution in [0.1, 0.15) is 29.3 Å². The highest BCUT2D eigenvalue weighted by atomic mass is 16.2. The van der Waals surface area contributed by atoms with Gasteiger partial charge < -0.3 is 0 Å². The molecule has 6 nitrogen and oxygen atoms in total. The molecule has 3 aromatic rings. The van der Waals surface area contributed by atoms with E-state index in [0.29, 0.717) is 28.2 Å². The summed E-state index contributed by atoms with van der Waals surface area (Å²) in [5.41, 5.74) is 5.64. The number of amides is 1. The van der Waals surface area contributed by atoms with Gasteiger partial charge in [-0.3, -0.25) is 14.7 Å². The number of carbonyl (C=O) groups is 1. The van der Waals surface area contributed by atoms with Gasteiger partial charge in [0.1, 0.15) is 0 Å². The minimum absolute atomic E-state index is 0.202. The van der Waals surface area contributed by atoms with Crippen molar-refractivity contribution >= 4 is 23.4 Å². The van der Waals surface area contributed by atoms with Gasteiger partial charge >= 0.3 is 0 Å². The molecule has 0 bridgehead atoms. The standard InChI is InChI=1S/C23H22N4O2/c1-14-10-11-19(12-15(14)2)27-23(29)21(17(4)25-27)13-20-16(3)24-26(22(20)28)18-8-6-5-7-9-18/h5-13,24H,1-4H3/b21-13-. The van der Waals surface area contributed by atoms with Crippen molar-refractivity contribution in [3.63, 3.8) is 0 Å². The summed E-state index contributed by atoms with van der Waals surface area (Å²) in [6.07, 6.45) is 1.63. The first-order valence-electron chi connectivity index (χ1n) is 9.43. The van der Waals surface area contributed by atoms with Crippen LogP contribution in [0.15, 0.2) is 64.0 Å². The Labute approximate surface area is 168 Å². The number of nitrogens with one attached hydrogen (secondary N) is 1. The van der Waals surface area contributed by atoms with Gasteiger partial charge in [-0.2, -0.15) is 10.1 Å². The fraction of sp³-hybridized carbons (Fsp3) is 0.174. The Morgan fingerprint density at radius 1 is 0.897 bits per heavy atom. The van der Waals surface area contributed by atoms with Gasteiger partial charge in [-0.25, -0.2) is 4.68 Å². The maximum absolute atomic E-state index is 13.0. The fourth-order valence-electron chi connectivity index (χ4n) is 3.35. The van der Waals surface area contributed by atoms with Gasteiger partial charge in [0.25, 0.3) is 11.5 Å². The Morgan fingerprint density at radius 3 is 2.31 bits per heavy atom. The number of hydrogen-bond donors (Lipinski definition) is 1. The minimum Gasteiger partial charge on any atom is -0.295 e. The zero-order chi connectivity index (χ0) is 20.7. The van der Waals surface area contributed by atoms with E-state index in [2.05, 4.69) is 10.2 Å². The molecule has 2 aromatic carbocycles. The smallest absolute Gasteiger partial charge is 0.280 e. The molecule has 1 N–H and O–H groups in total. The van der Waals surface area contributed by atoms with Crippen molar-refractivity contribution in [2.24, 2.45) is 5.10 Å². The van der Waals surface area contributed by atoms with Crippen LogP contribution in [0, 0.1) is 20.8 Å². The Balaban J connectivity index is 1.74. The highest BCUT2D eigenvalue weighted by Gasteiger charge is 2.29. The molecule has 2 heterocycles. The third kappa shape index (κ3) is 3.23. The topological polar surface area (TPSA) is 70.5 Å². The van der Waals surface area contributed by atoms with Gasteiger partial charge in [-0.05, 0) is 69.2 Å². The largest absolute Gasteiger partial charge is 0.295 e. The van der Waals surface area contributed by atoms with E-state index in [1.54, 1.807) is 13.0 Å². The molecule has 0 aliphatic carbocycles. The molecule has 1 aliphatic rings. The second-order valence-corrected chi connectivity index (χ2v) is 7.26. The third-order valence-electron chi connectivity index (χ3n) is 5.22. The van der Waals surface area contributed by atoms with Crippen LogP contribution in [0.2, 0.25) is 0 Å². The van der Waals surface area contributed by atoms with Crippen LogP contribution in [-0.2, 0) is 4.79 Å². The van der Waals surface area contributed by atoms with Crippen molar-refractivity contribution in [1.29, 1.82) is 0 Å². The highest BCUT2D eigenvalue weighted by molar-refractivity contribution is 6.32. The number of benzene rings is 2. The first kappa shape index (κ1) is 18.7. The fourth-order valence-corrected chi connectivity index (χ4v) is 3.35. The summed E-state index contributed by atoms with van der Waals surface area (Å²) in [7, 11) is 0. The molecule has 146 valence electrons. The molecule has 1 amide bonds. The number of aromatic amines is 1. The second-order valence-electron chi connectivity index (χ2n) is 7.26. The van der Waals surface area contributed by atoms with Crippen molar-refractivity contribution in [3.05, 3.63) is 86.8 Å². The van der Waals surface area contributed by atoms with Gasteiger partial charge in [-0.15, -0.1) is 0 Å². The third-order valence-corrected chi connectivity index (χ3v) is 5.22. The predicted molar refractivity (Wildman–Crippen MR) is 116 cm³/mol. The Hall–Kier alpha value is -3.67. The lowest BCUT2D eigenvalue weighted by molar-refractivity contribution is -0.114. The number of hydrazone groups is 1. The minimum atomic E-state index is -0.239. The maximum atomic E-state index is 13.0. The molecule has 0 saturated heterocycles. The molecule has 0 atom stereocenters. The van der Waals surface area contributed by atoms with Crippen molar-refractivity contribution < 1.29 is 4.79 Å². The summed E-state index contributed by atoms with van der Waals surface area (Å²) in [5.74, 6) is -0.239. The molecule has 1 aliphatic heterocycles. The molecule has 0 unspecified atom stereocenters. The molecule has 29 heavy (non-hydrogen) atoms. The van der Waals surface area contributed by atoms with Gasteiger partial charge in [0.05, 0.1) is 28.2 Å². The Bertz CT molecular complexity index is 1230. The van der Waals surface area contributed by atoms with E-state index in [1.807, 2.05) is 69.3 Å². The van der Waals surface area contributed by atoms with Crippen LogP contribution in [0.4, 0.5) is 5.69 Å². The lowest BCUT2D eigenvalue weighted by Crippen LogP contribution is -2.22. The summed E-state index contributed by atoms with van der Waals surface area (Å²) >= 11 is 0. The van der Waals surface area contributed by atoms with Crippen molar-refractivity contribution in [2.75, 3.05) is 5.01 Å². The number of aryl methyl sites for hydroxylation is 3. The molecule has 0 spiro atoms. The van der Waals surface area contributed by atoms with E-state index in [-0.39, 0.29) is 11.5 Å². The second kappa shape index (κ2) is 7.05. The number of hydrogen-bond acceptors (Lipinski definition) is 3. The summed E-state index contributed by atoms with van der Waals surface area (Å²) in [4.78, 5) is 26.0. The van der Waals surface area contributed by atoms with Crippen molar-refractivity contribution in [1.82, 2.24) is 9.78 Å². The molecule has 1 aromatic heterocycles. The number of para-hydroxylation sites is 1. The lowest BCUT2D eigenvalue weighted by Gasteiger charge is -2.13. The van der Waals surface area contributed by atoms with Gasteiger partial charge in [0.2, 0.25) is 0 Å². The van der Waals surface area contributed by atoms with Crippen LogP contribution in [0.25, 0.3) is 11.8 Å². The Kier molecular flexibility index (Phi) is 4.54. The summed E-state index contributed by atoms with van der Waals surface area (Å²) in [6.45, 7) is 7.63. The summed E-state index contributed by atoms with van der Waals surface area (Å²) in [5, 5.41) is 8.90. The van der Waals surface area contributed by atoms with E-state index in [1.165, 1.54) is 9.69 Å². The highest BCUT2D eigenvalue weighted by Crippen LogP contribution is 2.26. The number of aromatic nitrogens is 2. The van der Waals surface area contributed by atoms with E-state index in [0.717, 1.165) is 16.8 Å². The number of rotatable bonds is 3. The van der Waals surface area contributed by atoms with Gasteiger partial charge in [-0.1, -0.05) is 24.3 Å². The number of carbonyl (C=O) groups excluding carboxylic acids is 1. The maximum Gasteiger partial charge on any atom is 0.280 e. The number of H-pyrrole nitrogens is 1. The molecule has 6 heteroatoms. The molecule has 0 radical (unpaired) electrons. The molecule has 0 fully saturated rings. The molecular weight excluding hydrogens is 364 g/mol. The molecule has 0 saturated carbocycles. The van der Waals surface area contributed by atoms with Crippen LogP contribution in [0.5, 0.6) is 0 Å². The van der Waals surface area contributed by atoms with E-state index in [9.17, 15) is 9.59 Å². The van der Waals surface area contributed by atoms with E-state index in [4.69, 9.17) is 0 Å².